The molecular formula is C19H26ClNO5. The van der Waals surface area contributed by atoms with Crippen molar-refractivity contribution in [2.75, 3.05) is 7.11 Å². The van der Waals surface area contributed by atoms with Crippen molar-refractivity contribution in [3.63, 3.8) is 0 Å². The van der Waals surface area contributed by atoms with Gasteiger partial charge in [-0.05, 0) is 45.7 Å². The van der Waals surface area contributed by atoms with Gasteiger partial charge in [0.25, 0.3) is 5.91 Å². The topological polar surface area (TPSA) is 73.9 Å². The molecule has 0 aliphatic heterocycles. The fourth-order valence-electron chi connectivity index (χ4n) is 2.86. The molecule has 1 saturated carbocycles. The van der Waals surface area contributed by atoms with Gasteiger partial charge in [-0.15, -0.1) is 0 Å². The molecule has 1 fully saturated rings. The van der Waals surface area contributed by atoms with Crippen LogP contribution in [-0.2, 0) is 9.53 Å². The molecule has 1 atom stereocenters. The SMILES string of the molecule is COc1cc(C(=O)O[C@H](C)C(=O)NC2CCCC2)cc(Cl)c1OC(C)C. The highest BCUT2D eigenvalue weighted by atomic mass is 35.5. The van der Waals surface area contributed by atoms with Crippen LogP contribution in [0.25, 0.3) is 0 Å². The third-order valence-electron chi connectivity index (χ3n) is 4.17. The number of carbonyl (C=O) groups is 2. The maximum absolute atomic E-state index is 12.4. The molecule has 1 aliphatic carbocycles. The smallest absolute Gasteiger partial charge is 0.339 e. The number of nitrogens with one attached hydrogen (secondary N) is 1. The van der Waals surface area contributed by atoms with Crippen molar-refractivity contribution in [3.8, 4) is 11.5 Å². The van der Waals surface area contributed by atoms with Crippen LogP contribution < -0.4 is 14.8 Å². The molecule has 0 unspecified atom stereocenters. The zero-order chi connectivity index (χ0) is 19.3. The van der Waals surface area contributed by atoms with Gasteiger partial charge in [-0.2, -0.15) is 0 Å². The van der Waals surface area contributed by atoms with Crippen molar-refractivity contribution in [1.82, 2.24) is 5.32 Å². The van der Waals surface area contributed by atoms with Crippen LogP contribution in [0.3, 0.4) is 0 Å². The maximum atomic E-state index is 12.4. The Morgan fingerprint density at radius 2 is 1.85 bits per heavy atom. The summed E-state index contributed by atoms with van der Waals surface area (Å²) in [4.78, 5) is 24.6. The second-order valence-electron chi connectivity index (χ2n) is 6.69. The first-order valence-corrected chi connectivity index (χ1v) is 9.25. The minimum Gasteiger partial charge on any atom is -0.493 e. The van der Waals surface area contributed by atoms with Gasteiger partial charge in [-0.1, -0.05) is 24.4 Å². The molecule has 144 valence electrons. The van der Waals surface area contributed by atoms with Crippen LogP contribution in [0.5, 0.6) is 11.5 Å². The summed E-state index contributed by atoms with van der Waals surface area (Å²) < 4.78 is 16.2. The molecule has 0 radical (unpaired) electrons. The Balaban J connectivity index is 2.06. The lowest BCUT2D eigenvalue weighted by Gasteiger charge is -2.18. The van der Waals surface area contributed by atoms with E-state index in [0.29, 0.717) is 11.5 Å². The third-order valence-corrected chi connectivity index (χ3v) is 4.45. The van der Waals surface area contributed by atoms with Crippen molar-refractivity contribution in [3.05, 3.63) is 22.7 Å². The van der Waals surface area contributed by atoms with E-state index in [1.807, 2.05) is 13.8 Å². The molecule has 1 aromatic carbocycles. The van der Waals surface area contributed by atoms with Crippen LogP contribution >= 0.6 is 11.6 Å². The summed E-state index contributed by atoms with van der Waals surface area (Å²) in [5, 5.41) is 3.16. The van der Waals surface area contributed by atoms with Crippen molar-refractivity contribution in [2.24, 2.45) is 0 Å². The highest BCUT2D eigenvalue weighted by Gasteiger charge is 2.25. The number of halogens is 1. The van der Waals surface area contributed by atoms with E-state index in [0.717, 1.165) is 25.7 Å². The highest BCUT2D eigenvalue weighted by molar-refractivity contribution is 6.32. The Morgan fingerprint density at radius 1 is 1.19 bits per heavy atom. The molecule has 0 bridgehead atoms. The fourth-order valence-corrected chi connectivity index (χ4v) is 3.11. The van der Waals surface area contributed by atoms with Crippen LogP contribution in [0.4, 0.5) is 0 Å². The lowest BCUT2D eigenvalue weighted by molar-refractivity contribution is -0.129. The molecule has 1 aromatic rings. The van der Waals surface area contributed by atoms with Gasteiger partial charge < -0.3 is 19.5 Å². The van der Waals surface area contributed by atoms with Gasteiger partial charge in [-0.3, -0.25) is 4.79 Å². The van der Waals surface area contributed by atoms with E-state index in [9.17, 15) is 9.59 Å². The number of amides is 1. The van der Waals surface area contributed by atoms with Gasteiger partial charge in [0.1, 0.15) is 0 Å². The van der Waals surface area contributed by atoms with E-state index in [1.165, 1.54) is 19.2 Å². The molecule has 1 amide bonds. The molecule has 0 saturated heterocycles. The molecule has 0 heterocycles. The number of esters is 1. The fraction of sp³-hybridized carbons (Fsp3) is 0.579. The number of rotatable bonds is 7. The van der Waals surface area contributed by atoms with Gasteiger partial charge in [-0.25, -0.2) is 4.79 Å². The predicted octanol–water partition coefficient (Wildman–Crippen LogP) is 3.74. The van der Waals surface area contributed by atoms with E-state index in [-0.39, 0.29) is 28.6 Å². The highest BCUT2D eigenvalue weighted by Crippen LogP contribution is 2.37. The van der Waals surface area contributed by atoms with Crippen molar-refractivity contribution in [2.45, 2.75) is 64.7 Å². The molecule has 0 spiro atoms. The van der Waals surface area contributed by atoms with Crippen LogP contribution in [0.2, 0.25) is 5.02 Å². The summed E-state index contributed by atoms with van der Waals surface area (Å²) in [5.74, 6) is -0.229. The molecule has 7 heteroatoms. The van der Waals surface area contributed by atoms with Gasteiger partial charge >= 0.3 is 5.97 Å². The molecule has 1 aliphatic rings. The number of benzene rings is 1. The molecule has 6 nitrogen and oxygen atoms in total. The van der Waals surface area contributed by atoms with Crippen LogP contribution in [0.1, 0.15) is 56.8 Å². The van der Waals surface area contributed by atoms with Gasteiger partial charge in [0.15, 0.2) is 17.6 Å². The van der Waals surface area contributed by atoms with Crippen LogP contribution in [0, 0.1) is 0 Å². The largest absolute Gasteiger partial charge is 0.493 e. The average Bonchev–Trinajstić information content (AvgIpc) is 3.08. The molecule has 0 aromatic heterocycles. The van der Waals surface area contributed by atoms with E-state index < -0.39 is 12.1 Å². The van der Waals surface area contributed by atoms with Gasteiger partial charge in [0.05, 0.1) is 23.8 Å². The number of ether oxygens (including phenoxy) is 3. The second kappa shape index (κ2) is 9.12. The van der Waals surface area contributed by atoms with E-state index >= 15 is 0 Å². The predicted molar refractivity (Wildman–Crippen MR) is 99.0 cm³/mol. The zero-order valence-electron chi connectivity index (χ0n) is 15.6. The quantitative estimate of drug-likeness (QED) is 0.726. The minimum absolute atomic E-state index is 0.0986. The lowest BCUT2D eigenvalue weighted by atomic mass is 10.2. The summed E-state index contributed by atoms with van der Waals surface area (Å²) in [5.41, 5.74) is 0.198. The standard InChI is InChI=1S/C19H26ClNO5/c1-11(2)25-17-15(20)9-13(10-16(17)24-4)19(23)26-12(3)18(22)21-14-7-5-6-8-14/h9-12,14H,5-8H2,1-4H3,(H,21,22)/t12-/m1/s1. The van der Waals surface area contributed by atoms with Gasteiger partial charge in [0, 0.05) is 6.04 Å². The molecular weight excluding hydrogens is 358 g/mol. The molecule has 1 N–H and O–H groups in total. The Labute approximate surface area is 159 Å². The summed E-state index contributed by atoms with van der Waals surface area (Å²) in [6.07, 6.45) is 3.18. The van der Waals surface area contributed by atoms with Crippen molar-refractivity contribution < 1.29 is 23.8 Å². The Bertz CT molecular complexity index is 656. The maximum Gasteiger partial charge on any atom is 0.339 e. The zero-order valence-corrected chi connectivity index (χ0v) is 16.4. The second-order valence-corrected chi connectivity index (χ2v) is 7.10. The number of methoxy groups -OCH3 is 1. The summed E-state index contributed by atoms with van der Waals surface area (Å²) in [7, 11) is 1.46. The first kappa shape index (κ1) is 20.4. The van der Waals surface area contributed by atoms with Crippen molar-refractivity contribution >= 4 is 23.5 Å². The van der Waals surface area contributed by atoms with E-state index in [4.69, 9.17) is 25.8 Å². The average molecular weight is 384 g/mol. The van der Waals surface area contributed by atoms with Crippen molar-refractivity contribution in [1.29, 1.82) is 0 Å². The molecule has 26 heavy (non-hydrogen) atoms. The summed E-state index contributed by atoms with van der Waals surface area (Å²) in [6, 6.07) is 3.12. The Kier molecular flexibility index (Phi) is 7.14. The lowest BCUT2D eigenvalue weighted by Crippen LogP contribution is -2.40. The summed E-state index contributed by atoms with van der Waals surface area (Å²) >= 11 is 6.22. The first-order valence-electron chi connectivity index (χ1n) is 8.87. The summed E-state index contributed by atoms with van der Waals surface area (Å²) in [6.45, 7) is 5.28. The van der Waals surface area contributed by atoms with Crippen LogP contribution in [0.15, 0.2) is 12.1 Å². The van der Waals surface area contributed by atoms with E-state index in [1.54, 1.807) is 6.92 Å². The van der Waals surface area contributed by atoms with Crippen LogP contribution in [-0.4, -0.2) is 37.2 Å². The van der Waals surface area contributed by atoms with E-state index in [2.05, 4.69) is 5.32 Å². The number of hydrogen-bond donors (Lipinski definition) is 1. The number of hydrogen-bond acceptors (Lipinski definition) is 5. The number of carbonyl (C=O) groups excluding carboxylic acids is 2. The normalized spacial score (nSPS) is 15.6. The molecule has 2 rings (SSSR count). The monoisotopic (exact) mass is 383 g/mol. The minimum atomic E-state index is -0.889. The Morgan fingerprint density at radius 3 is 2.42 bits per heavy atom. The van der Waals surface area contributed by atoms with Gasteiger partial charge in [0.2, 0.25) is 0 Å². The first-order chi connectivity index (χ1) is 12.3. The third kappa shape index (κ3) is 5.27. The Hall–Kier alpha value is -1.95.